The number of aromatic nitrogens is 3. The van der Waals surface area contributed by atoms with Crippen LogP contribution < -0.4 is 0 Å². The van der Waals surface area contributed by atoms with Gasteiger partial charge in [-0.2, -0.15) is 0 Å². The molecule has 0 atom stereocenters. The summed E-state index contributed by atoms with van der Waals surface area (Å²) in [5.74, 6) is -0.378. The molecular weight excluding hydrogens is 217 g/mol. The molecule has 0 aliphatic rings. The molecule has 0 amide bonds. The highest BCUT2D eigenvalue weighted by molar-refractivity contribution is 6.28. The zero-order valence-electron chi connectivity index (χ0n) is 7.91. The summed E-state index contributed by atoms with van der Waals surface area (Å²) in [4.78, 5) is 11.8. The lowest BCUT2D eigenvalue weighted by Gasteiger charge is -2.03. The third-order valence-corrected chi connectivity index (χ3v) is 2.09. The van der Waals surface area contributed by atoms with Crippen molar-refractivity contribution in [2.24, 2.45) is 0 Å². The summed E-state index contributed by atoms with van der Waals surface area (Å²) in [6.07, 6.45) is 2.75. The van der Waals surface area contributed by atoms with Crippen molar-refractivity contribution in [3.63, 3.8) is 0 Å². The van der Waals surface area contributed by atoms with Crippen LogP contribution in [0.1, 0.15) is 5.56 Å². The van der Waals surface area contributed by atoms with Crippen LogP contribution in [0.4, 0.5) is 4.39 Å². The zero-order valence-corrected chi connectivity index (χ0v) is 8.66. The molecule has 0 saturated heterocycles. The molecule has 3 nitrogen and oxygen atoms in total. The van der Waals surface area contributed by atoms with Gasteiger partial charge in [0.25, 0.3) is 0 Å². The normalized spacial score (nSPS) is 10.3. The van der Waals surface area contributed by atoms with Crippen molar-refractivity contribution in [1.29, 1.82) is 0 Å². The minimum absolute atomic E-state index is 0.154. The van der Waals surface area contributed by atoms with Gasteiger partial charge in [0.2, 0.25) is 5.28 Å². The fourth-order valence-electron chi connectivity index (χ4n) is 1.20. The smallest absolute Gasteiger partial charge is 0.222 e. The van der Waals surface area contributed by atoms with Gasteiger partial charge in [-0.15, -0.1) is 0 Å². The van der Waals surface area contributed by atoms with Gasteiger partial charge in [0, 0.05) is 6.20 Å². The fourth-order valence-corrected chi connectivity index (χ4v) is 1.33. The van der Waals surface area contributed by atoms with Gasteiger partial charge in [-0.1, -0.05) is 0 Å². The van der Waals surface area contributed by atoms with E-state index >= 15 is 0 Å². The first kappa shape index (κ1) is 9.98. The molecule has 0 aromatic carbocycles. The van der Waals surface area contributed by atoms with Crippen molar-refractivity contribution >= 4 is 11.6 Å². The summed E-state index contributed by atoms with van der Waals surface area (Å²) in [6.45, 7) is 1.84. The Labute approximate surface area is 91.0 Å². The molecule has 0 saturated carbocycles. The predicted molar refractivity (Wildman–Crippen MR) is 55.0 cm³/mol. The highest BCUT2D eigenvalue weighted by Gasteiger charge is 2.06. The average Bonchev–Trinajstić information content (AvgIpc) is 2.23. The molecule has 0 bridgehead atoms. The summed E-state index contributed by atoms with van der Waals surface area (Å²) < 4.78 is 12.7. The second-order valence-corrected chi connectivity index (χ2v) is 3.37. The molecule has 0 N–H and O–H groups in total. The molecule has 5 heteroatoms. The Morgan fingerprint density at radius 2 is 2.00 bits per heavy atom. The van der Waals surface area contributed by atoms with Crippen LogP contribution in [0, 0.1) is 12.7 Å². The quantitative estimate of drug-likeness (QED) is 0.698. The Kier molecular flexibility index (Phi) is 2.60. The number of pyridine rings is 1. The molecular formula is C10H7ClFN3. The van der Waals surface area contributed by atoms with Gasteiger partial charge >= 0.3 is 0 Å². The van der Waals surface area contributed by atoms with E-state index in [1.54, 1.807) is 12.3 Å². The van der Waals surface area contributed by atoms with Crippen LogP contribution in [0.3, 0.4) is 0 Å². The van der Waals surface area contributed by atoms with Crippen LogP contribution in [0.2, 0.25) is 5.28 Å². The lowest BCUT2D eigenvalue weighted by Crippen LogP contribution is -1.94. The molecule has 0 unspecified atom stereocenters. The van der Waals surface area contributed by atoms with Gasteiger partial charge in [0.05, 0.1) is 17.6 Å². The van der Waals surface area contributed by atoms with E-state index < -0.39 is 0 Å². The maximum absolute atomic E-state index is 12.7. The highest BCUT2D eigenvalue weighted by Crippen LogP contribution is 2.19. The van der Waals surface area contributed by atoms with E-state index in [2.05, 4.69) is 15.0 Å². The van der Waals surface area contributed by atoms with Gasteiger partial charge in [-0.3, -0.25) is 4.98 Å². The molecule has 76 valence electrons. The van der Waals surface area contributed by atoms with Crippen LogP contribution >= 0.6 is 11.6 Å². The average molecular weight is 224 g/mol. The molecule has 15 heavy (non-hydrogen) atoms. The molecule has 0 aliphatic carbocycles. The van der Waals surface area contributed by atoms with E-state index in [0.717, 1.165) is 11.8 Å². The minimum atomic E-state index is -0.378. The number of hydrogen-bond donors (Lipinski definition) is 0. The van der Waals surface area contributed by atoms with E-state index in [1.807, 2.05) is 6.92 Å². The Balaban J connectivity index is 2.53. The minimum Gasteiger partial charge on any atom is -0.252 e. The summed E-state index contributed by atoms with van der Waals surface area (Å²) in [7, 11) is 0. The van der Waals surface area contributed by atoms with Crippen LogP contribution in [-0.4, -0.2) is 15.0 Å². The first-order valence-corrected chi connectivity index (χ1v) is 4.65. The number of aryl methyl sites for hydroxylation is 1. The highest BCUT2D eigenvalue weighted by atomic mass is 35.5. The Hall–Kier alpha value is -1.55. The molecule has 0 aliphatic heterocycles. The molecule has 0 spiro atoms. The van der Waals surface area contributed by atoms with Crippen molar-refractivity contribution in [3.05, 3.63) is 41.2 Å². The number of halogens is 2. The second kappa shape index (κ2) is 3.90. The Morgan fingerprint density at radius 3 is 2.67 bits per heavy atom. The van der Waals surface area contributed by atoms with Crippen molar-refractivity contribution in [2.75, 3.05) is 0 Å². The number of rotatable bonds is 1. The van der Waals surface area contributed by atoms with Gasteiger partial charge < -0.3 is 0 Å². The molecule has 2 aromatic rings. The van der Waals surface area contributed by atoms with E-state index in [0.29, 0.717) is 11.4 Å². The SMILES string of the molecule is Cc1cnc(Cl)nc1-c1ccc(F)cn1. The number of hydrogen-bond acceptors (Lipinski definition) is 3. The van der Waals surface area contributed by atoms with E-state index in [4.69, 9.17) is 11.6 Å². The van der Waals surface area contributed by atoms with Crippen molar-refractivity contribution in [1.82, 2.24) is 15.0 Å². The summed E-state index contributed by atoms with van der Waals surface area (Å²) in [5.41, 5.74) is 2.05. The zero-order chi connectivity index (χ0) is 10.8. The third kappa shape index (κ3) is 2.10. The Bertz CT molecular complexity index is 485. The largest absolute Gasteiger partial charge is 0.252 e. The van der Waals surface area contributed by atoms with Crippen molar-refractivity contribution in [2.45, 2.75) is 6.92 Å². The lowest BCUT2D eigenvalue weighted by molar-refractivity contribution is 0.622. The van der Waals surface area contributed by atoms with Crippen molar-refractivity contribution in [3.8, 4) is 11.4 Å². The number of nitrogens with zero attached hydrogens (tertiary/aromatic N) is 3. The summed E-state index contributed by atoms with van der Waals surface area (Å²) in [5, 5.41) is 0.154. The molecule has 2 aromatic heterocycles. The Morgan fingerprint density at radius 1 is 1.20 bits per heavy atom. The predicted octanol–water partition coefficient (Wildman–Crippen LogP) is 2.64. The first-order chi connectivity index (χ1) is 7.16. The van der Waals surface area contributed by atoms with Crippen LogP contribution in [0.5, 0.6) is 0 Å². The lowest BCUT2D eigenvalue weighted by atomic mass is 10.2. The second-order valence-electron chi connectivity index (χ2n) is 3.03. The fraction of sp³-hybridized carbons (Fsp3) is 0.100. The molecule has 2 rings (SSSR count). The monoisotopic (exact) mass is 223 g/mol. The van der Waals surface area contributed by atoms with Gasteiger partial charge in [0.1, 0.15) is 5.82 Å². The molecule has 2 heterocycles. The summed E-state index contributed by atoms with van der Waals surface area (Å²) >= 11 is 5.67. The van der Waals surface area contributed by atoms with Crippen LogP contribution in [0.25, 0.3) is 11.4 Å². The maximum atomic E-state index is 12.7. The van der Waals surface area contributed by atoms with E-state index in [-0.39, 0.29) is 11.1 Å². The molecule has 0 fully saturated rings. The van der Waals surface area contributed by atoms with Crippen molar-refractivity contribution < 1.29 is 4.39 Å². The topological polar surface area (TPSA) is 38.7 Å². The third-order valence-electron chi connectivity index (χ3n) is 1.91. The standard InChI is InChI=1S/C10H7ClFN3/c1-6-4-14-10(11)15-9(6)8-3-2-7(12)5-13-8/h2-5H,1H3. The van der Waals surface area contributed by atoms with E-state index in [1.165, 1.54) is 6.07 Å². The van der Waals surface area contributed by atoms with Gasteiger partial charge in [-0.25, -0.2) is 14.4 Å². The van der Waals surface area contributed by atoms with Crippen LogP contribution in [-0.2, 0) is 0 Å². The van der Waals surface area contributed by atoms with Crippen LogP contribution in [0.15, 0.2) is 24.5 Å². The maximum Gasteiger partial charge on any atom is 0.222 e. The first-order valence-electron chi connectivity index (χ1n) is 4.28. The van der Waals surface area contributed by atoms with E-state index in [9.17, 15) is 4.39 Å². The summed E-state index contributed by atoms with van der Waals surface area (Å²) in [6, 6.07) is 2.89. The molecule has 0 radical (unpaired) electrons. The van der Waals surface area contributed by atoms with Gasteiger partial charge in [-0.05, 0) is 36.2 Å². The van der Waals surface area contributed by atoms with Gasteiger partial charge in [0.15, 0.2) is 0 Å².